The summed E-state index contributed by atoms with van der Waals surface area (Å²) >= 11 is 0. The summed E-state index contributed by atoms with van der Waals surface area (Å²) in [5, 5.41) is 18.4. The molecule has 6 rings (SSSR count). The lowest BCUT2D eigenvalue weighted by Crippen LogP contribution is -2.58. The number of carbonyl (C=O) groups excluding carboxylic acids is 4. The van der Waals surface area contributed by atoms with E-state index in [1.54, 1.807) is 0 Å². The molecule has 0 saturated heterocycles. The predicted octanol–water partition coefficient (Wildman–Crippen LogP) is 2.97. The van der Waals surface area contributed by atoms with Gasteiger partial charge in [0.15, 0.2) is 5.96 Å². The SMILES string of the molecule is N=C(N)NCCC[C@@H](C=O)NC(=O)[C@H](Cc1ccccc1)NC(=O)[C@@H](Cc1ccccc1)NC(=O)OC12CC3CC(CC(C3)C1)C2. The van der Waals surface area contributed by atoms with Gasteiger partial charge in [-0.05, 0) is 80.2 Å². The summed E-state index contributed by atoms with van der Waals surface area (Å²) in [6.07, 6.45) is 7.56. The van der Waals surface area contributed by atoms with E-state index in [-0.39, 0.29) is 18.8 Å². The predicted molar refractivity (Wildman–Crippen MR) is 174 cm³/mol. The molecule has 7 N–H and O–H groups in total. The average molecular weight is 631 g/mol. The zero-order valence-electron chi connectivity index (χ0n) is 26.2. The fraction of sp³-hybridized carbons (Fsp3) is 0.514. The van der Waals surface area contributed by atoms with Gasteiger partial charge in [0, 0.05) is 19.4 Å². The van der Waals surface area contributed by atoms with Crippen molar-refractivity contribution in [1.29, 1.82) is 5.41 Å². The number of ether oxygens (including phenoxy) is 1. The first kappa shape index (κ1) is 33.0. The van der Waals surface area contributed by atoms with E-state index in [1.165, 1.54) is 19.3 Å². The molecule has 4 bridgehead atoms. The van der Waals surface area contributed by atoms with Gasteiger partial charge in [-0.2, -0.15) is 0 Å². The van der Waals surface area contributed by atoms with Crippen LogP contribution in [-0.4, -0.2) is 60.4 Å². The first-order valence-corrected chi connectivity index (χ1v) is 16.4. The van der Waals surface area contributed by atoms with Gasteiger partial charge < -0.3 is 36.5 Å². The molecule has 3 atom stereocenters. The first-order chi connectivity index (χ1) is 22.2. The third-order valence-corrected chi connectivity index (χ3v) is 9.60. The summed E-state index contributed by atoms with van der Waals surface area (Å²) in [6.45, 7) is 0.381. The summed E-state index contributed by atoms with van der Waals surface area (Å²) in [6, 6.07) is 15.9. The maximum atomic E-state index is 13.9. The fourth-order valence-electron chi connectivity index (χ4n) is 7.92. The van der Waals surface area contributed by atoms with Crippen molar-refractivity contribution in [3.63, 3.8) is 0 Å². The minimum absolute atomic E-state index is 0.169. The number of amides is 3. The Morgan fingerprint density at radius 2 is 1.33 bits per heavy atom. The van der Waals surface area contributed by atoms with E-state index in [4.69, 9.17) is 15.9 Å². The smallest absolute Gasteiger partial charge is 0.408 e. The van der Waals surface area contributed by atoms with Crippen molar-refractivity contribution < 1.29 is 23.9 Å². The molecule has 246 valence electrons. The van der Waals surface area contributed by atoms with Crippen molar-refractivity contribution in [3.8, 4) is 0 Å². The maximum Gasteiger partial charge on any atom is 0.408 e. The van der Waals surface area contributed by atoms with Crippen LogP contribution in [0.4, 0.5) is 4.79 Å². The van der Waals surface area contributed by atoms with Gasteiger partial charge in [-0.3, -0.25) is 15.0 Å². The van der Waals surface area contributed by atoms with E-state index < -0.39 is 41.6 Å². The summed E-state index contributed by atoms with van der Waals surface area (Å²) in [5.74, 6) is 0.595. The highest BCUT2D eigenvalue weighted by Gasteiger charge is 2.53. The quantitative estimate of drug-likeness (QED) is 0.0759. The lowest BCUT2D eigenvalue weighted by Gasteiger charge is -2.55. The Morgan fingerprint density at radius 3 is 1.83 bits per heavy atom. The minimum atomic E-state index is -1.01. The van der Waals surface area contributed by atoms with Crippen LogP contribution in [0.1, 0.15) is 62.5 Å². The third kappa shape index (κ3) is 9.08. The van der Waals surface area contributed by atoms with Crippen molar-refractivity contribution in [2.45, 2.75) is 87.9 Å². The normalized spacial score (nSPS) is 24.6. The summed E-state index contributed by atoms with van der Waals surface area (Å²) in [4.78, 5) is 52.7. The molecule has 3 amide bonds. The number of nitrogens with one attached hydrogen (secondary N) is 5. The zero-order chi connectivity index (χ0) is 32.5. The molecule has 4 aliphatic carbocycles. The van der Waals surface area contributed by atoms with E-state index in [2.05, 4.69) is 21.3 Å². The molecule has 11 heteroatoms. The Bertz CT molecular complexity index is 1330. The highest BCUT2D eigenvalue weighted by Crippen LogP contribution is 2.57. The van der Waals surface area contributed by atoms with Crippen LogP contribution in [0.15, 0.2) is 60.7 Å². The number of guanidine groups is 1. The largest absolute Gasteiger partial charge is 0.443 e. The lowest BCUT2D eigenvalue weighted by atomic mass is 9.54. The molecule has 0 unspecified atom stereocenters. The standard InChI is InChI=1S/C35H46N6O5/c36-33(37)38-13-7-12-28(22-42)39-31(43)29(17-23-8-3-1-4-9-23)40-32(44)30(18-24-10-5-2-6-11-24)41-34(45)46-35-19-25-14-26(20-35)16-27(15-25)21-35/h1-6,8-11,22,25-30H,7,12-21H2,(H,39,43)(H,40,44)(H,41,45)(H4,36,37,38)/t25?,26?,27?,28-,29-,30+,35?/m0/s1. The van der Waals surface area contributed by atoms with Crippen LogP contribution in [0.3, 0.4) is 0 Å². The van der Waals surface area contributed by atoms with E-state index in [1.807, 2.05) is 60.7 Å². The maximum absolute atomic E-state index is 13.9. The van der Waals surface area contributed by atoms with Crippen LogP contribution in [0.25, 0.3) is 0 Å². The van der Waals surface area contributed by atoms with Crippen LogP contribution in [-0.2, 0) is 32.0 Å². The third-order valence-electron chi connectivity index (χ3n) is 9.60. The van der Waals surface area contributed by atoms with Crippen molar-refractivity contribution in [2.24, 2.45) is 23.5 Å². The van der Waals surface area contributed by atoms with Gasteiger partial charge in [-0.15, -0.1) is 0 Å². The molecule has 0 aliphatic heterocycles. The highest BCUT2D eigenvalue weighted by molar-refractivity contribution is 5.92. The van der Waals surface area contributed by atoms with Crippen LogP contribution < -0.4 is 27.0 Å². The van der Waals surface area contributed by atoms with Crippen LogP contribution >= 0.6 is 0 Å². The van der Waals surface area contributed by atoms with Crippen molar-refractivity contribution in [2.75, 3.05) is 6.54 Å². The number of carbonyl (C=O) groups is 4. The molecule has 11 nitrogen and oxygen atoms in total. The molecule has 2 aromatic rings. The second-order valence-corrected chi connectivity index (χ2v) is 13.4. The van der Waals surface area contributed by atoms with Gasteiger partial charge in [0.25, 0.3) is 0 Å². The number of hydrogen-bond acceptors (Lipinski definition) is 6. The molecule has 46 heavy (non-hydrogen) atoms. The van der Waals surface area contributed by atoms with Crippen LogP contribution in [0, 0.1) is 23.2 Å². The highest BCUT2D eigenvalue weighted by atomic mass is 16.6. The number of rotatable bonds is 15. The number of nitrogens with two attached hydrogens (primary N) is 1. The van der Waals surface area contributed by atoms with Gasteiger partial charge in [0.2, 0.25) is 11.8 Å². The average Bonchev–Trinajstić information content (AvgIpc) is 3.01. The topological polar surface area (TPSA) is 175 Å². The van der Waals surface area contributed by atoms with Crippen LogP contribution in [0.5, 0.6) is 0 Å². The van der Waals surface area contributed by atoms with Crippen molar-refractivity contribution >= 4 is 30.2 Å². The molecule has 0 heterocycles. The Morgan fingerprint density at radius 1 is 0.826 bits per heavy atom. The summed E-state index contributed by atoms with van der Waals surface area (Å²) < 4.78 is 6.17. The molecule has 0 radical (unpaired) electrons. The van der Waals surface area contributed by atoms with Gasteiger partial charge in [0.1, 0.15) is 24.0 Å². The molecule has 4 saturated carbocycles. The molecular weight excluding hydrogens is 584 g/mol. The Labute approximate surface area is 270 Å². The Balaban J connectivity index is 1.28. The summed E-state index contributed by atoms with van der Waals surface area (Å²) in [5.41, 5.74) is 6.53. The van der Waals surface area contributed by atoms with Gasteiger partial charge in [0.05, 0.1) is 6.04 Å². The zero-order valence-corrected chi connectivity index (χ0v) is 26.2. The molecule has 0 spiro atoms. The van der Waals surface area contributed by atoms with Gasteiger partial charge in [-0.25, -0.2) is 4.79 Å². The number of alkyl carbamates (subject to hydrolysis) is 1. The molecule has 2 aromatic carbocycles. The minimum Gasteiger partial charge on any atom is -0.443 e. The van der Waals surface area contributed by atoms with Crippen molar-refractivity contribution in [3.05, 3.63) is 71.8 Å². The van der Waals surface area contributed by atoms with E-state index >= 15 is 0 Å². The number of hydrogen-bond donors (Lipinski definition) is 6. The number of aldehydes is 1. The Kier molecular flexibility index (Phi) is 10.9. The molecule has 4 aliphatic rings. The van der Waals surface area contributed by atoms with E-state index in [9.17, 15) is 19.2 Å². The molecular formula is C35H46N6O5. The molecule has 4 fully saturated rings. The fourth-order valence-corrected chi connectivity index (χ4v) is 7.92. The summed E-state index contributed by atoms with van der Waals surface area (Å²) in [7, 11) is 0. The first-order valence-electron chi connectivity index (χ1n) is 16.4. The number of benzene rings is 2. The van der Waals surface area contributed by atoms with E-state index in [0.717, 1.165) is 30.4 Å². The second kappa shape index (κ2) is 15.2. The van der Waals surface area contributed by atoms with Gasteiger partial charge in [-0.1, -0.05) is 60.7 Å². The second-order valence-electron chi connectivity index (χ2n) is 13.4. The Hall–Kier alpha value is -4.41. The van der Waals surface area contributed by atoms with Gasteiger partial charge >= 0.3 is 6.09 Å². The van der Waals surface area contributed by atoms with E-state index in [0.29, 0.717) is 43.4 Å². The van der Waals surface area contributed by atoms with Crippen molar-refractivity contribution in [1.82, 2.24) is 21.3 Å². The monoisotopic (exact) mass is 630 g/mol. The van der Waals surface area contributed by atoms with Crippen LogP contribution in [0.2, 0.25) is 0 Å². The molecule has 0 aromatic heterocycles. The lowest BCUT2D eigenvalue weighted by molar-refractivity contribution is -0.133.